The first kappa shape index (κ1) is 12.8. The fraction of sp³-hybridized carbons (Fsp3) is 0.538. The summed E-state index contributed by atoms with van der Waals surface area (Å²) in [7, 11) is 1.58. The van der Waals surface area contributed by atoms with Crippen molar-refractivity contribution in [3.05, 3.63) is 23.9 Å². The van der Waals surface area contributed by atoms with Crippen molar-refractivity contribution >= 4 is 5.91 Å². The van der Waals surface area contributed by atoms with Gasteiger partial charge in [-0.2, -0.15) is 0 Å². The SMILES string of the molecule is COc1ccc(CC(CN)C(=O)NC2CC2)cn1. The predicted octanol–water partition coefficient (Wildman–Crippen LogP) is 0.486. The fourth-order valence-corrected chi connectivity index (χ4v) is 1.77. The third kappa shape index (κ3) is 3.43. The average molecular weight is 249 g/mol. The van der Waals surface area contributed by atoms with Gasteiger partial charge in [0.05, 0.1) is 13.0 Å². The lowest BCUT2D eigenvalue weighted by atomic mass is 10.00. The first-order chi connectivity index (χ1) is 8.72. The Morgan fingerprint density at radius 2 is 2.39 bits per heavy atom. The molecule has 5 nitrogen and oxygen atoms in total. The summed E-state index contributed by atoms with van der Waals surface area (Å²) in [6.07, 6.45) is 4.53. The second-order valence-electron chi connectivity index (χ2n) is 4.63. The first-order valence-electron chi connectivity index (χ1n) is 6.22. The number of amides is 1. The molecular formula is C13H19N3O2. The summed E-state index contributed by atoms with van der Waals surface area (Å²) < 4.78 is 4.99. The van der Waals surface area contributed by atoms with E-state index in [1.807, 2.05) is 6.07 Å². The molecule has 0 aromatic carbocycles. The van der Waals surface area contributed by atoms with Crippen LogP contribution in [-0.4, -0.2) is 30.6 Å². The average Bonchev–Trinajstić information content (AvgIpc) is 3.20. The van der Waals surface area contributed by atoms with Crippen LogP contribution in [0.1, 0.15) is 18.4 Å². The molecule has 2 rings (SSSR count). The van der Waals surface area contributed by atoms with Gasteiger partial charge in [-0.1, -0.05) is 6.07 Å². The van der Waals surface area contributed by atoms with Gasteiger partial charge in [-0.05, 0) is 24.8 Å². The molecule has 1 aliphatic carbocycles. The minimum atomic E-state index is -0.180. The topological polar surface area (TPSA) is 77.2 Å². The maximum absolute atomic E-state index is 11.9. The van der Waals surface area contributed by atoms with Gasteiger partial charge in [0.25, 0.3) is 0 Å². The molecule has 98 valence electrons. The van der Waals surface area contributed by atoms with Gasteiger partial charge in [-0.15, -0.1) is 0 Å². The van der Waals surface area contributed by atoms with Crippen molar-refractivity contribution in [1.82, 2.24) is 10.3 Å². The number of hydrogen-bond donors (Lipinski definition) is 2. The van der Waals surface area contributed by atoms with E-state index in [1.54, 1.807) is 19.4 Å². The molecule has 1 fully saturated rings. The van der Waals surface area contributed by atoms with Gasteiger partial charge in [0, 0.05) is 24.8 Å². The molecule has 1 aromatic rings. The quantitative estimate of drug-likeness (QED) is 0.769. The van der Waals surface area contributed by atoms with Crippen LogP contribution in [0.4, 0.5) is 0 Å². The Morgan fingerprint density at radius 3 is 2.89 bits per heavy atom. The summed E-state index contributed by atoms with van der Waals surface area (Å²) in [6, 6.07) is 4.08. The number of nitrogens with two attached hydrogens (primary N) is 1. The third-order valence-corrected chi connectivity index (χ3v) is 3.07. The zero-order valence-electron chi connectivity index (χ0n) is 10.6. The number of carbonyl (C=O) groups excluding carboxylic acids is 1. The van der Waals surface area contributed by atoms with Gasteiger partial charge in [-0.3, -0.25) is 4.79 Å². The van der Waals surface area contributed by atoms with Crippen LogP contribution in [0.2, 0.25) is 0 Å². The lowest BCUT2D eigenvalue weighted by Gasteiger charge is -2.14. The number of nitrogens with zero attached hydrogens (tertiary/aromatic N) is 1. The van der Waals surface area contributed by atoms with E-state index in [-0.39, 0.29) is 11.8 Å². The largest absolute Gasteiger partial charge is 0.481 e. The molecular weight excluding hydrogens is 230 g/mol. The molecule has 0 radical (unpaired) electrons. The summed E-state index contributed by atoms with van der Waals surface area (Å²) >= 11 is 0. The summed E-state index contributed by atoms with van der Waals surface area (Å²) in [6.45, 7) is 0.352. The van der Waals surface area contributed by atoms with Crippen LogP contribution in [-0.2, 0) is 11.2 Å². The van der Waals surface area contributed by atoms with Gasteiger partial charge in [0.1, 0.15) is 0 Å². The zero-order chi connectivity index (χ0) is 13.0. The van der Waals surface area contributed by atoms with Crippen molar-refractivity contribution in [2.45, 2.75) is 25.3 Å². The summed E-state index contributed by atoms with van der Waals surface area (Å²) in [5, 5.41) is 2.98. The molecule has 1 unspecified atom stereocenters. The number of methoxy groups -OCH3 is 1. The molecule has 1 heterocycles. The molecule has 0 bridgehead atoms. The molecule has 1 aliphatic rings. The van der Waals surface area contributed by atoms with Gasteiger partial charge in [-0.25, -0.2) is 4.98 Å². The second kappa shape index (κ2) is 5.82. The Morgan fingerprint density at radius 1 is 1.61 bits per heavy atom. The number of aromatic nitrogens is 1. The highest BCUT2D eigenvalue weighted by molar-refractivity contribution is 5.79. The van der Waals surface area contributed by atoms with E-state index in [9.17, 15) is 4.79 Å². The van der Waals surface area contributed by atoms with Crippen molar-refractivity contribution in [1.29, 1.82) is 0 Å². The van der Waals surface area contributed by atoms with Crippen LogP contribution in [0.5, 0.6) is 5.88 Å². The highest BCUT2D eigenvalue weighted by Crippen LogP contribution is 2.20. The molecule has 1 aromatic heterocycles. The number of nitrogens with one attached hydrogen (secondary N) is 1. The lowest BCUT2D eigenvalue weighted by molar-refractivity contribution is -0.124. The van der Waals surface area contributed by atoms with E-state index in [0.29, 0.717) is 24.9 Å². The van der Waals surface area contributed by atoms with Gasteiger partial charge < -0.3 is 15.8 Å². The summed E-state index contributed by atoms with van der Waals surface area (Å²) in [5.74, 6) is 0.446. The van der Waals surface area contributed by atoms with E-state index >= 15 is 0 Å². The maximum atomic E-state index is 11.9. The van der Waals surface area contributed by atoms with Crippen molar-refractivity contribution in [3.8, 4) is 5.88 Å². The molecule has 0 saturated heterocycles. The van der Waals surface area contributed by atoms with E-state index in [0.717, 1.165) is 18.4 Å². The van der Waals surface area contributed by atoms with Crippen LogP contribution in [0.3, 0.4) is 0 Å². The molecule has 5 heteroatoms. The molecule has 0 spiro atoms. The van der Waals surface area contributed by atoms with E-state index in [2.05, 4.69) is 10.3 Å². The Balaban J connectivity index is 1.93. The van der Waals surface area contributed by atoms with Crippen molar-refractivity contribution in [3.63, 3.8) is 0 Å². The lowest BCUT2D eigenvalue weighted by Crippen LogP contribution is -2.37. The first-order valence-corrected chi connectivity index (χ1v) is 6.22. The van der Waals surface area contributed by atoms with Gasteiger partial charge in [0.2, 0.25) is 11.8 Å². The Bertz CT molecular complexity index is 401. The Labute approximate surface area is 107 Å². The summed E-state index contributed by atoms with van der Waals surface area (Å²) in [5.41, 5.74) is 6.67. The number of rotatable bonds is 6. The van der Waals surface area contributed by atoms with Crippen LogP contribution in [0, 0.1) is 5.92 Å². The number of pyridine rings is 1. The molecule has 1 saturated carbocycles. The van der Waals surface area contributed by atoms with Crippen LogP contribution < -0.4 is 15.8 Å². The standard InChI is InChI=1S/C13H19N3O2/c1-18-12-5-2-9(8-15-12)6-10(7-14)13(17)16-11-3-4-11/h2,5,8,10-11H,3-4,6-7,14H2,1H3,(H,16,17). The predicted molar refractivity (Wildman–Crippen MR) is 68.2 cm³/mol. The molecule has 18 heavy (non-hydrogen) atoms. The smallest absolute Gasteiger partial charge is 0.224 e. The summed E-state index contributed by atoms with van der Waals surface area (Å²) in [4.78, 5) is 16.0. The van der Waals surface area contributed by atoms with E-state index in [1.165, 1.54) is 0 Å². The molecule has 1 atom stereocenters. The Hall–Kier alpha value is -1.62. The minimum absolute atomic E-state index is 0.0517. The minimum Gasteiger partial charge on any atom is -0.481 e. The Kier molecular flexibility index (Phi) is 4.15. The second-order valence-corrected chi connectivity index (χ2v) is 4.63. The monoisotopic (exact) mass is 249 g/mol. The van der Waals surface area contributed by atoms with Crippen molar-refractivity contribution < 1.29 is 9.53 Å². The van der Waals surface area contributed by atoms with Crippen LogP contribution in [0.25, 0.3) is 0 Å². The number of ether oxygens (including phenoxy) is 1. The fourth-order valence-electron chi connectivity index (χ4n) is 1.77. The highest BCUT2D eigenvalue weighted by Gasteiger charge is 2.26. The van der Waals surface area contributed by atoms with Crippen molar-refractivity contribution in [2.75, 3.05) is 13.7 Å². The molecule has 1 amide bonds. The van der Waals surface area contributed by atoms with E-state index in [4.69, 9.17) is 10.5 Å². The van der Waals surface area contributed by atoms with E-state index < -0.39 is 0 Å². The maximum Gasteiger partial charge on any atom is 0.224 e. The zero-order valence-corrected chi connectivity index (χ0v) is 10.6. The normalized spacial score (nSPS) is 16.1. The van der Waals surface area contributed by atoms with Crippen molar-refractivity contribution in [2.24, 2.45) is 11.7 Å². The third-order valence-electron chi connectivity index (χ3n) is 3.07. The number of hydrogen-bond acceptors (Lipinski definition) is 4. The molecule has 0 aliphatic heterocycles. The van der Waals surface area contributed by atoms with Crippen LogP contribution in [0.15, 0.2) is 18.3 Å². The highest BCUT2D eigenvalue weighted by atomic mass is 16.5. The molecule has 3 N–H and O–H groups in total. The van der Waals surface area contributed by atoms with Gasteiger partial charge in [0.15, 0.2) is 0 Å². The van der Waals surface area contributed by atoms with Crippen LogP contribution >= 0.6 is 0 Å². The number of carbonyl (C=O) groups is 1. The van der Waals surface area contributed by atoms with Gasteiger partial charge >= 0.3 is 0 Å².